The maximum atomic E-state index is 13.2. The van der Waals surface area contributed by atoms with Gasteiger partial charge in [-0.25, -0.2) is 4.79 Å². The third kappa shape index (κ3) is 5.15. The molecule has 3 heterocycles. The molecule has 4 rings (SSSR count). The van der Waals surface area contributed by atoms with Gasteiger partial charge in [-0.15, -0.1) is 0 Å². The highest BCUT2D eigenvalue weighted by Gasteiger charge is 2.53. The van der Waals surface area contributed by atoms with E-state index in [1.54, 1.807) is 19.9 Å². The standard InChI is InChI=1S/C29H40O9/c1-6-8-9-10-19-12-18-13-20(30)24(26(32)34-4)25-23(18)21(37-19)15-29(38-25)14-17(16-36-29)11-22(31)28(3,7-2)27(33)35-5/h13,17,19,21,30H,6-12,14-16H2,1-5H3/t17-,19-,21-,28?,29+/m1/s1. The van der Waals surface area contributed by atoms with Crippen LogP contribution in [0.2, 0.25) is 0 Å². The van der Waals surface area contributed by atoms with Gasteiger partial charge < -0.3 is 28.8 Å². The number of hydrogen-bond acceptors (Lipinski definition) is 9. The predicted octanol–water partition coefficient (Wildman–Crippen LogP) is 4.81. The van der Waals surface area contributed by atoms with Gasteiger partial charge in [0.25, 0.3) is 0 Å². The van der Waals surface area contributed by atoms with E-state index in [-0.39, 0.29) is 54.0 Å². The zero-order valence-electron chi connectivity index (χ0n) is 23.1. The van der Waals surface area contributed by atoms with E-state index >= 15 is 0 Å². The molecule has 0 amide bonds. The lowest BCUT2D eigenvalue weighted by Crippen LogP contribution is -2.44. The molecule has 210 valence electrons. The lowest BCUT2D eigenvalue weighted by molar-refractivity contribution is -0.197. The van der Waals surface area contributed by atoms with Gasteiger partial charge in [-0.2, -0.15) is 0 Å². The molecule has 0 radical (unpaired) electrons. The Labute approximate surface area is 224 Å². The minimum absolute atomic E-state index is 0.0190. The van der Waals surface area contributed by atoms with Crippen LogP contribution in [-0.4, -0.2) is 55.5 Å². The molecule has 9 nitrogen and oxygen atoms in total. The summed E-state index contributed by atoms with van der Waals surface area (Å²) in [6.07, 6.45) is 5.63. The number of rotatable bonds is 10. The Hall–Kier alpha value is -2.65. The number of unbranched alkanes of at least 4 members (excludes halogenated alkanes) is 2. The molecule has 1 N–H and O–H groups in total. The highest BCUT2D eigenvalue weighted by Crippen LogP contribution is 2.54. The Morgan fingerprint density at radius 1 is 1.16 bits per heavy atom. The van der Waals surface area contributed by atoms with Crippen molar-refractivity contribution in [3.8, 4) is 11.5 Å². The van der Waals surface area contributed by atoms with E-state index < -0.39 is 23.1 Å². The summed E-state index contributed by atoms with van der Waals surface area (Å²) in [6, 6.07) is 1.63. The number of ketones is 1. The number of benzene rings is 1. The predicted molar refractivity (Wildman–Crippen MR) is 137 cm³/mol. The zero-order valence-corrected chi connectivity index (χ0v) is 23.1. The van der Waals surface area contributed by atoms with Crippen molar-refractivity contribution in [3.05, 3.63) is 22.8 Å². The molecule has 38 heavy (non-hydrogen) atoms. The Bertz CT molecular complexity index is 1080. The smallest absolute Gasteiger partial charge is 0.345 e. The molecular formula is C29H40O9. The molecule has 1 unspecified atom stereocenters. The van der Waals surface area contributed by atoms with Crippen LogP contribution in [0.1, 0.15) is 99.7 Å². The van der Waals surface area contributed by atoms with E-state index in [1.165, 1.54) is 14.2 Å². The van der Waals surface area contributed by atoms with E-state index in [9.17, 15) is 19.5 Å². The Morgan fingerprint density at radius 3 is 2.58 bits per heavy atom. The van der Waals surface area contributed by atoms with Gasteiger partial charge in [0.2, 0.25) is 5.79 Å². The van der Waals surface area contributed by atoms with Crippen molar-refractivity contribution in [3.63, 3.8) is 0 Å². The molecule has 3 aliphatic rings. The number of aromatic hydroxyl groups is 1. The molecule has 0 aromatic heterocycles. The fraction of sp³-hybridized carbons (Fsp3) is 0.690. The van der Waals surface area contributed by atoms with Crippen LogP contribution in [0.3, 0.4) is 0 Å². The van der Waals surface area contributed by atoms with E-state index in [2.05, 4.69) is 6.92 Å². The van der Waals surface area contributed by atoms with E-state index in [1.807, 2.05) is 0 Å². The van der Waals surface area contributed by atoms with Crippen LogP contribution < -0.4 is 4.74 Å². The van der Waals surface area contributed by atoms with Gasteiger partial charge in [-0.05, 0) is 43.7 Å². The van der Waals surface area contributed by atoms with Gasteiger partial charge in [-0.3, -0.25) is 9.59 Å². The largest absolute Gasteiger partial charge is 0.507 e. The lowest BCUT2D eigenvalue weighted by atomic mass is 9.78. The summed E-state index contributed by atoms with van der Waals surface area (Å²) >= 11 is 0. The Balaban J connectivity index is 1.62. The number of Topliss-reactive ketones (excluding diaryl/α,β-unsaturated/α-hetero) is 1. The van der Waals surface area contributed by atoms with E-state index in [4.69, 9.17) is 23.7 Å². The van der Waals surface area contributed by atoms with Gasteiger partial charge in [0.15, 0.2) is 0 Å². The fourth-order valence-electron chi connectivity index (χ4n) is 6.03. The minimum atomic E-state index is -1.22. The topological polar surface area (TPSA) is 118 Å². The molecule has 9 heteroatoms. The van der Waals surface area contributed by atoms with Crippen LogP contribution >= 0.6 is 0 Å². The summed E-state index contributed by atoms with van der Waals surface area (Å²) in [5.74, 6) is -2.74. The van der Waals surface area contributed by atoms with Crippen molar-refractivity contribution in [2.24, 2.45) is 11.3 Å². The number of methoxy groups -OCH3 is 2. The highest BCUT2D eigenvalue weighted by molar-refractivity contribution is 6.03. The van der Waals surface area contributed by atoms with Crippen molar-refractivity contribution in [1.82, 2.24) is 0 Å². The van der Waals surface area contributed by atoms with Crippen LogP contribution in [0.15, 0.2) is 6.07 Å². The van der Waals surface area contributed by atoms with Crippen molar-refractivity contribution >= 4 is 17.7 Å². The van der Waals surface area contributed by atoms with Crippen molar-refractivity contribution in [2.45, 2.75) is 96.6 Å². The van der Waals surface area contributed by atoms with Crippen molar-refractivity contribution < 1.29 is 43.2 Å². The van der Waals surface area contributed by atoms with Gasteiger partial charge >= 0.3 is 11.9 Å². The van der Waals surface area contributed by atoms with Crippen LogP contribution in [0, 0.1) is 11.3 Å². The third-order valence-electron chi connectivity index (χ3n) is 8.43. The van der Waals surface area contributed by atoms with Gasteiger partial charge in [0.05, 0.1) is 33.0 Å². The molecule has 1 aromatic rings. The maximum Gasteiger partial charge on any atom is 0.345 e. The quantitative estimate of drug-likeness (QED) is 0.257. The van der Waals surface area contributed by atoms with Gasteiger partial charge in [0.1, 0.15) is 28.3 Å². The fourth-order valence-corrected chi connectivity index (χ4v) is 6.03. The SMILES string of the molecule is CCCCC[C@@H]1Cc2cc(O)c(C(=O)OC)c3c2[C@@H](C[C@]2(C[C@@H](CC(=O)C(C)(CC)C(=O)OC)CO2)O3)O1. The number of phenols is 1. The zero-order chi connectivity index (χ0) is 27.7. The molecule has 1 saturated heterocycles. The van der Waals surface area contributed by atoms with Gasteiger partial charge in [-0.1, -0.05) is 33.1 Å². The summed E-state index contributed by atoms with van der Waals surface area (Å²) in [4.78, 5) is 38.2. The Kier molecular flexibility index (Phi) is 8.37. The van der Waals surface area contributed by atoms with Crippen molar-refractivity contribution in [1.29, 1.82) is 0 Å². The number of ether oxygens (including phenoxy) is 5. The second-order valence-corrected chi connectivity index (χ2v) is 11.0. The number of hydrogen-bond donors (Lipinski definition) is 1. The average molecular weight is 533 g/mol. The average Bonchev–Trinajstić information content (AvgIpc) is 3.27. The number of phenolic OH excluding ortho intramolecular Hbond substituents is 1. The molecule has 0 bridgehead atoms. The molecule has 0 aliphatic carbocycles. The first-order chi connectivity index (χ1) is 18.1. The summed E-state index contributed by atoms with van der Waals surface area (Å²) in [7, 11) is 2.54. The van der Waals surface area contributed by atoms with Crippen LogP contribution in [-0.2, 0) is 35.0 Å². The second-order valence-electron chi connectivity index (χ2n) is 11.0. The lowest BCUT2D eigenvalue weighted by Gasteiger charge is -2.44. The molecule has 1 spiro atoms. The first-order valence-corrected chi connectivity index (χ1v) is 13.7. The summed E-state index contributed by atoms with van der Waals surface area (Å²) < 4.78 is 29.0. The number of carbonyl (C=O) groups excluding carboxylic acids is 3. The highest BCUT2D eigenvalue weighted by atomic mass is 16.7. The summed E-state index contributed by atoms with van der Waals surface area (Å²) in [5, 5.41) is 10.8. The van der Waals surface area contributed by atoms with Crippen LogP contribution in [0.5, 0.6) is 11.5 Å². The van der Waals surface area contributed by atoms with E-state index in [0.717, 1.165) is 36.8 Å². The molecule has 3 aliphatic heterocycles. The molecule has 1 aromatic carbocycles. The second kappa shape index (κ2) is 11.2. The van der Waals surface area contributed by atoms with Crippen molar-refractivity contribution in [2.75, 3.05) is 20.8 Å². The molecule has 0 saturated carbocycles. The minimum Gasteiger partial charge on any atom is -0.507 e. The summed E-state index contributed by atoms with van der Waals surface area (Å²) in [5.41, 5.74) is 0.393. The maximum absolute atomic E-state index is 13.2. The number of esters is 2. The third-order valence-corrected chi connectivity index (χ3v) is 8.43. The molecule has 1 fully saturated rings. The first-order valence-electron chi connectivity index (χ1n) is 13.7. The van der Waals surface area contributed by atoms with E-state index in [0.29, 0.717) is 25.7 Å². The van der Waals surface area contributed by atoms with Gasteiger partial charge in [0, 0.05) is 24.8 Å². The van der Waals surface area contributed by atoms with Crippen LogP contribution in [0.25, 0.3) is 0 Å². The normalized spacial score (nSPS) is 27.2. The molecule has 5 atom stereocenters. The van der Waals surface area contributed by atoms with Crippen LogP contribution in [0.4, 0.5) is 0 Å². The number of carbonyl (C=O) groups is 3. The summed E-state index contributed by atoms with van der Waals surface area (Å²) in [6.45, 7) is 5.82. The monoisotopic (exact) mass is 532 g/mol. The first kappa shape index (κ1) is 28.4. The Morgan fingerprint density at radius 2 is 1.92 bits per heavy atom. The molecular weight excluding hydrogens is 492 g/mol.